The van der Waals surface area contributed by atoms with Gasteiger partial charge in [-0.3, -0.25) is 13.5 Å². The molecule has 4 aromatic rings. The lowest BCUT2D eigenvalue weighted by Crippen LogP contribution is -2.37. The van der Waals surface area contributed by atoms with Crippen LogP contribution in [0.25, 0.3) is 17.1 Å². The zero-order valence-corrected chi connectivity index (χ0v) is 23.1. The predicted molar refractivity (Wildman–Crippen MR) is 144 cm³/mol. The number of aromatic nitrogens is 7. The van der Waals surface area contributed by atoms with Crippen LogP contribution < -0.4 is 10.5 Å². The molecule has 1 aliphatic rings. The Hall–Kier alpha value is -4.23. The Labute approximate surface area is 239 Å². The number of imidazole rings is 1. The number of nitrogens with two attached hydrogens (primary N) is 1. The minimum absolute atomic E-state index is 0.0241. The highest BCUT2D eigenvalue weighted by Crippen LogP contribution is 2.32. The highest BCUT2D eigenvalue weighted by molar-refractivity contribution is 7.85. The van der Waals surface area contributed by atoms with E-state index in [1.54, 1.807) is 10.9 Å². The molecule has 6 N–H and O–H groups in total. The van der Waals surface area contributed by atoms with E-state index in [-0.39, 0.29) is 28.5 Å². The molecule has 1 aliphatic heterocycles. The lowest BCUT2D eigenvalue weighted by Gasteiger charge is -2.16. The molecular formula is C24H29N9O8S. The van der Waals surface area contributed by atoms with Crippen molar-refractivity contribution in [2.24, 2.45) is 0 Å². The van der Waals surface area contributed by atoms with Crippen molar-refractivity contribution in [2.45, 2.75) is 57.1 Å². The lowest BCUT2D eigenvalue weighted by atomic mass is 10.1. The summed E-state index contributed by atoms with van der Waals surface area (Å²) in [6, 6.07) is 5.33. The largest absolute Gasteiger partial charge is 0.507 e. The fraction of sp³-hybridized carbons (Fsp3) is 0.417. The second-order valence-electron chi connectivity index (χ2n) is 9.58. The molecule has 0 radical (unpaired) electrons. The van der Waals surface area contributed by atoms with Gasteiger partial charge >= 0.3 is 10.3 Å². The number of fused-ring (bicyclic) bond motifs is 1. The number of anilines is 1. The van der Waals surface area contributed by atoms with Crippen LogP contribution in [0.4, 0.5) is 5.82 Å². The molecule has 1 aromatic carbocycles. The van der Waals surface area contributed by atoms with Crippen molar-refractivity contribution in [1.29, 1.82) is 0 Å². The van der Waals surface area contributed by atoms with Crippen LogP contribution in [0.3, 0.4) is 0 Å². The van der Waals surface area contributed by atoms with Crippen molar-refractivity contribution in [2.75, 3.05) is 12.3 Å². The number of benzene rings is 1. The third kappa shape index (κ3) is 6.02. The summed E-state index contributed by atoms with van der Waals surface area (Å²) >= 11 is 0. The summed E-state index contributed by atoms with van der Waals surface area (Å²) in [6.45, 7) is 1.35. The van der Waals surface area contributed by atoms with Gasteiger partial charge < -0.3 is 25.8 Å². The van der Waals surface area contributed by atoms with E-state index in [2.05, 4.69) is 32.2 Å². The normalized spacial score (nSPS) is 20.7. The van der Waals surface area contributed by atoms with Crippen LogP contribution in [0.1, 0.15) is 48.5 Å². The Morgan fingerprint density at radius 3 is 2.74 bits per heavy atom. The number of aliphatic hydroxyl groups excluding tert-OH is 2. The third-order valence-electron chi connectivity index (χ3n) is 6.58. The molecule has 0 spiro atoms. The van der Waals surface area contributed by atoms with E-state index in [0.717, 1.165) is 31.4 Å². The second-order valence-corrected chi connectivity index (χ2v) is 10.9. The topological polar surface area (TPSA) is 243 Å². The van der Waals surface area contributed by atoms with Gasteiger partial charge in [0.15, 0.2) is 17.7 Å². The molecule has 5 rings (SSSR count). The van der Waals surface area contributed by atoms with Crippen molar-refractivity contribution in [3.05, 3.63) is 48.0 Å². The van der Waals surface area contributed by atoms with Gasteiger partial charge in [-0.15, -0.1) is 5.10 Å². The minimum atomic E-state index is -4.68. The van der Waals surface area contributed by atoms with Gasteiger partial charge in [0.05, 0.1) is 30.4 Å². The minimum Gasteiger partial charge on any atom is -0.507 e. The van der Waals surface area contributed by atoms with Crippen LogP contribution in [0.2, 0.25) is 0 Å². The molecule has 1 fully saturated rings. The standard InChI is InChI=1S/C24H29N9O8S/c1-2-3-4-7-13-10-33(31-29-13)24-27-20(25)17-21(28-24)32(12-26-17)23-19(36)18(35)16(41-23)11-40-42(38,39)30-22(37)14-8-5-6-9-15(14)34/h5-6,8-10,12,16,18-19,23,34-36H,2-4,7,11H2,1H3,(H,30,37)(H2,25,27,28). The summed E-state index contributed by atoms with van der Waals surface area (Å²) in [6.07, 6.45) is 1.05. The van der Waals surface area contributed by atoms with Crippen LogP contribution in [0.15, 0.2) is 36.8 Å². The molecule has 4 atom stereocenters. The molecule has 0 saturated carbocycles. The number of carbonyl (C=O) groups excluding carboxylic acids is 1. The van der Waals surface area contributed by atoms with E-state index in [1.165, 1.54) is 39.8 Å². The van der Waals surface area contributed by atoms with E-state index in [9.17, 15) is 28.5 Å². The molecule has 1 saturated heterocycles. The number of para-hydroxylation sites is 1. The Kier molecular flexibility index (Phi) is 8.32. The summed E-state index contributed by atoms with van der Waals surface area (Å²) < 4.78 is 39.6. The second kappa shape index (κ2) is 11.9. The maximum atomic E-state index is 12.3. The maximum absolute atomic E-state index is 12.3. The Morgan fingerprint density at radius 2 is 1.98 bits per heavy atom. The summed E-state index contributed by atoms with van der Waals surface area (Å²) in [5.74, 6) is -1.44. The molecule has 4 heterocycles. The summed E-state index contributed by atoms with van der Waals surface area (Å²) in [5.41, 5.74) is 6.93. The van der Waals surface area contributed by atoms with Crippen LogP contribution in [-0.2, 0) is 25.6 Å². The van der Waals surface area contributed by atoms with Crippen molar-refractivity contribution in [1.82, 2.24) is 39.2 Å². The number of phenols is 1. The van der Waals surface area contributed by atoms with Crippen molar-refractivity contribution in [3.8, 4) is 11.7 Å². The van der Waals surface area contributed by atoms with Crippen LogP contribution in [0, 0.1) is 0 Å². The lowest BCUT2D eigenvalue weighted by molar-refractivity contribution is -0.0468. The Morgan fingerprint density at radius 1 is 1.19 bits per heavy atom. The average Bonchev–Trinajstić information content (AvgIpc) is 3.66. The average molecular weight is 604 g/mol. The molecule has 0 bridgehead atoms. The number of hydrogen-bond acceptors (Lipinski definition) is 14. The number of carbonyl (C=O) groups is 1. The third-order valence-corrected chi connectivity index (χ3v) is 7.47. The number of ether oxygens (including phenoxy) is 1. The van der Waals surface area contributed by atoms with E-state index in [0.29, 0.717) is 0 Å². The van der Waals surface area contributed by atoms with Crippen molar-refractivity contribution < 1.29 is 37.5 Å². The number of rotatable bonds is 11. The van der Waals surface area contributed by atoms with Crippen molar-refractivity contribution in [3.63, 3.8) is 0 Å². The van der Waals surface area contributed by atoms with Crippen LogP contribution in [0.5, 0.6) is 5.75 Å². The van der Waals surface area contributed by atoms with Gasteiger partial charge in [0, 0.05) is 0 Å². The molecule has 0 aliphatic carbocycles. The highest BCUT2D eigenvalue weighted by atomic mass is 32.2. The van der Waals surface area contributed by atoms with Gasteiger partial charge in [0.2, 0.25) is 0 Å². The first kappa shape index (κ1) is 29.3. The molecular weight excluding hydrogens is 574 g/mol. The molecule has 18 heteroatoms. The maximum Gasteiger partial charge on any atom is 0.362 e. The van der Waals surface area contributed by atoms with Gasteiger partial charge in [-0.1, -0.05) is 37.1 Å². The fourth-order valence-electron chi connectivity index (χ4n) is 4.40. The predicted octanol–water partition coefficient (Wildman–Crippen LogP) is -0.262. The van der Waals surface area contributed by atoms with E-state index >= 15 is 0 Å². The number of hydrogen-bond donors (Lipinski definition) is 5. The highest BCUT2D eigenvalue weighted by Gasteiger charge is 2.45. The summed E-state index contributed by atoms with van der Waals surface area (Å²) in [7, 11) is -4.68. The van der Waals surface area contributed by atoms with Gasteiger partial charge in [-0.2, -0.15) is 23.1 Å². The number of nitrogens with zero attached hydrogens (tertiary/aromatic N) is 7. The molecule has 224 valence electrons. The molecule has 42 heavy (non-hydrogen) atoms. The number of nitrogens with one attached hydrogen (secondary N) is 1. The molecule has 1 amide bonds. The van der Waals surface area contributed by atoms with Crippen LogP contribution >= 0.6 is 0 Å². The molecule has 17 nitrogen and oxygen atoms in total. The van der Waals surface area contributed by atoms with Crippen LogP contribution in [-0.4, -0.2) is 89.1 Å². The molecule has 4 unspecified atom stereocenters. The Bertz CT molecular complexity index is 1690. The number of nitrogen functional groups attached to an aromatic ring is 1. The monoisotopic (exact) mass is 603 g/mol. The zero-order chi connectivity index (χ0) is 30.0. The van der Waals surface area contributed by atoms with Gasteiger partial charge in [0.25, 0.3) is 11.9 Å². The summed E-state index contributed by atoms with van der Waals surface area (Å²) in [4.78, 5) is 25.1. The van der Waals surface area contributed by atoms with E-state index in [4.69, 9.17) is 14.7 Å². The number of amides is 1. The quantitative estimate of drug-likeness (QED) is 0.139. The van der Waals surface area contributed by atoms with Gasteiger partial charge in [-0.25, -0.2) is 9.71 Å². The number of aliphatic hydroxyl groups is 2. The summed E-state index contributed by atoms with van der Waals surface area (Å²) in [5, 5.41) is 39.3. The van der Waals surface area contributed by atoms with Gasteiger partial charge in [0.1, 0.15) is 29.6 Å². The number of unbranched alkanes of at least 4 members (excludes halogenated alkanes) is 2. The SMILES string of the molecule is CCCCCc1cn(-c2nc(N)c3ncn(C4OC(COS(=O)(=O)NC(=O)c5ccccc5O)C(O)C4O)c3n2)nn1. The smallest absolute Gasteiger partial charge is 0.362 e. The first-order valence-electron chi connectivity index (χ1n) is 13.0. The molecule has 3 aromatic heterocycles. The number of aromatic hydroxyl groups is 1. The van der Waals surface area contributed by atoms with E-state index < -0.39 is 53.1 Å². The fourth-order valence-corrected chi connectivity index (χ4v) is 5.11. The van der Waals surface area contributed by atoms with E-state index in [1.807, 2.05) is 0 Å². The number of phenolic OH excluding ortho intramolecular Hbond substituents is 1. The van der Waals surface area contributed by atoms with Crippen molar-refractivity contribution >= 4 is 33.2 Å². The zero-order valence-electron chi connectivity index (χ0n) is 22.3. The Balaban J connectivity index is 1.30. The van der Waals surface area contributed by atoms with Gasteiger partial charge in [-0.05, 0) is 25.0 Å². The first-order valence-corrected chi connectivity index (χ1v) is 14.4. The number of aryl methyl sites for hydroxylation is 1. The first-order chi connectivity index (χ1) is 20.1.